The van der Waals surface area contributed by atoms with E-state index in [1.807, 2.05) is 39.8 Å². The van der Waals surface area contributed by atoms with E-state index in [1.54, 1.807) is 0 Å². The molecule has 2 aliphatic rings. The Morgan fingerprint density at radius 3 is 2.00 bits per heavy atom. The second-order valence-electron chi connectivity index (χ2n) is 8.45. The summed E-state index contributed by atoms with van der Waals surface area (Å²) in [5.41, 5.74) is 1.27. The van der Waals surface area contributed by atoms with Gasteiger partial charge in [-0.2, -0.15) is 0 Å². The number of amides is 3. The van der Waals surface area contributed by atoms with Crippen LogP contribution < -0.4 is 0 Å². The fourth-order valence-electron chi connectivity index (χ4n) is 4.43. The van der Waals surface area contributed by atoms with Crippen LogP contribution in [0.2, 0.25) is 0 Å². The first kappa shape index (κ1) is 22.3. The molecule has 0 N–H and O–H groups in total. The van der Waals surface area contributed by atoms with Crippen LogP contribution >= 0.6 is 0 Å². The van der Waals surface area contributed by atoms with Crippen molar-refractivity contribution in [3.63, 3.8) is 0 Å². The zero-order chi connectivity index (χ0) is 21.3. The lowest BCUT2D eigenvalue weighted by molar-refractivity contribution is -0.144. The highest BCUT2D eigenvalue weighted by Crippen LogP contribution is 2.21. The van der Waals surface area contributed by atoms with Gasteiger partial charge in [0.1, 0.15) is 0 Å². The normalized spacial score (nSPS) is 17.8. The number of aryl methyl sites for hydroxylation is 1. The lowest BCUT2D eigenvalue weighted by Gasteiger charge is -2.38. The molecule has 3 rings (SSSR count). The van der Waals surface area contributed by atoms with E-state index in [4.69, 9.17) is 0 Å². The monoisotopic (exact) mass is 413 g/mol. The van der Waals surface area contributed by atoms with Crippen LogP contribution in [0.15, 0.2) is 30.3 Å². The minimum atomic E-state index is 0.0174. The number of piperazine rings is 1. The molecule has 2 aliphatic heterocycles. The number of hydrogen-bond acceptors (Lipinski definition) is 3. The molecule has 0 radical (unpaired) electrons. The number of benzene rings is 1. The molecule has 6 nitrogen and oxygen atoms in total. The molecule has 0 bridgehead atoms. The van der Waals surface area contributed by atoms with Crippen LogP contribution in [0.3, 0.4) is 0 Å². The Hall–Kier alpha value is -2.37. The average molecular weight is 414 g/mol. The van der Waals surface area contributed by atoms with Crippen LogP contribution in [0.5, 0.6) is 0 Å². The SMILES string of the molecule is CCCC(=O)N1CCC(C(=O)N2CCN(C(=O)CCCc3ccccc3)CC2)CC1. The van der Waals surface area contributed by atoms with Crippen molar-refractivity contribution in [1.82, 2.24) is 14.7 Å². The van der Waals surface area contributed by atoms with E-state index in [1.165, 1.54) is 5.56 Å². The predicted octanol–water partition coefficient (Wildman–Crippen LogP) is 2.72. The summed E-state index contributed by atoms with van der Waals surface area (Å²) in [4.78, 5) is 43.1. The summed E-state index contributed by atoms with van der Waals surface area (Å²) >= 11 is 0. The topological polar surface area (TPSA) is 60.9 Å². The van der Waals surface area contributed by atoms with Gasteiger partial charge in [-0.25, -0.2) is 0 Å². The molecule has 0 saturated carbocycles. The van der Waals surface area contributed by atoms with E-state index in [0.717, 1.165) is 32.1 Å². The van der Waals surface area contributed by atoms with Crippen LogP contribution in [0, 0.1) is 5.92 Å². The van der Waals surface area contributed by atoms with E-state index >= 15 is 0 Å². The van der Waals surface area contributed by atoms with Crippen LogP contribution in [0.4, 0.5) is 0 Å². The van der Waals surface area contributed by atoms with Crippen molar-refractivity contribution < 1.29 is 14.4 Å². The predicted molar refractivity (Wildman–Crippen MR) is 117 cm³/mol. The average Bonchev–Trinajstić information content (AvgIpc) is 2.79. The number of carbonyl (C=O) groups excluding carboxylic acids is 3. The molecule has 164 valence electrons. The van der Waals surface area contributed by atoms with Crippen molar-refractivity contribution in [3.05, 3.63) is 35.9 Å². The van der Waals surface area contributed by atoms with Crippen molar-refractivity contribution in [1.29, 1.82) is 0 Å². The van der Waals surface area contributed by atoms with Gasteiger partial charge in [0.2, 0.25) is 17.7 Å². The molecule has 30 heavy (non-hydrogen) atoms. The minimum Gasteiger partial charge on any atom is -0.343 e. The third kappa shape index (κ3) is 6.07. The van der Waals surface area contributed by atoms with Crippen LogP contribution in [0.1, 0.15) is 51.0 Å². The maximum absolute atomic E-state index is 12.9. The largest absolute Gasteiger partial charge is 0.343 e. The van der Waals surface area contributed by atoms with Crippen molar-refractivity contribution in [2.24, 2.45) is 5.92 Å². The minimum absolute atomic E-state index is 0.0174. The molecule has 0 spiro atoms. The second-order valence-corrected chi connectivity index (χ2v) is 8.45. The molecule has 0 atom stereocenters. The van der Waals surface area contributed by atoms with Crippen LogP contribution in [0.25, 0.3) is 0 Å². The van der Waals surface area contributed by atoms with Gasteiger partial charge < -0.3 is 14.7 Å². The molecular formula is C24H35N3O3. The van der Waals surface area contributed by atoms with Gasteiger partial charge >= 0.3 is 0 Å². The van der Waals surface area contributed by atoms with Gasteiger partial charge in [0.05, 0.1) is 0 Å². The van der Waals surface area contributed by atoms with E-state index in [-0.39, 0.29) is 23.6 Å². The van der Waals surface area contributed by atoms with Gasteiger partial charge in [-0.05, 0) is 37.7 Å². The number of piperidine rings is 1. The van der Waals surface area contributed by atoms with Crippen LogP contribution in [-0.2, 0) is 20.8 Å². The Balaban J connectivity index is 1.36. The lowest BCUT2D eigenvalue weighted by atomic mass is 9.94. The highest BCUT2D eigenvalue weighted by Gasteiger charge is 2.32. The van der Waals surface area contributed by atoms with Gasteiger partial charge in [-0.3, -0.25) is 14.4 Å². The summed E-state index contributed by atoms with van der Waals surface area (Å²) in [5.74, 6) is 0.626. The van der Waals surface area contributed by atoms with Gasteiger partial charge in [0.15, 0.2) is 0 Å². The maximum atomic E-state index is 12.9. The van der Waals surface area contributed by atoms with Crippen LogP contribution in [-0.4, -0.2) is 71.7 Å². The zero-order valence-electron chi connectivity index (χ0n) is 18.2. The highest BCUT2D eigenvalue weighted by molar-refractivity contribution is 5.81. The molecule has 0 unspecified atom stereocenters. The van der Waals surface area contributed by atoms with Gasteiger partial charge in [-0.15, -0.1) is 0 Å². The number of hydrogen-bond donors (Lipinski definition) is 0. The van der Waals surface area contributed by atoms with E-state index in [0.29, 0.717) is 52.1 Å². The summed E-state index contributed by atoms with van der Waals surface area (Å²) in [7, 11) is 0. The molecule has 0 aromatic heterocycles. The van der Waals surface area contributed by atoms with E-state index in [2.05, 4.69) is 12.1 Å². The Bertz CT molecular complexity index is 706. The van der Waals surface area contributed by atoms with Crippen molar-refractivity contribution in [2.45, 2.75) is 51.9 Å². The fourth-order valence-corrected chi connectivity index (χ4v) is 4.43. The molecule has 2 heterocycles. The van der Waals surface area contributed by atoms with Crippen molar-refractivity contribution in [2.75, 3.05) is 39.3 Å². The Labute approximate surface area is 180 Å². The quantitative estimate of drug-likeness (QED) is 0.691. The Morgan fingerprint density at radius 2 is 1.37 bits per heavy atom. The molecule has 0 aliphatic carbocycles. The molecule has 1 aromatic carbocycles. The number of likely N-dealkylation sites (tertiary alicyclic amines) is 1. The third-order valence-corrected chi connectivity index (χ3v) is 6.30. The summed E-state index contributed by atoms with van der Waals surface area (Å²) in [5, 5.41) is 0. The number of rotatable bonds is 7. The molecule has 2 fully saturated rings. The maximum Gasteiger partial charge on any atom is 0.225 e. The highest BCUT2D eigenvalue weighted by atomic mass is 16.2. The smallest absolute Gasteiger partial charge is 0.225 e. The van der Waals surface area contributed by atoms with E-state index < -0.39 is 0 Å². The molecular weight excluding hydrogens is 378 g/mol. The first-order chi connectivity index (χ1) is 14.6. The lowest BCUT2D eigenvalue weighted by Crippen LogP contribution is -2.53. The van der Waals surface area contributed by atoms with Crippen molar-refractivity contribution in [3.8, 4) is 0 Å². The van der Waals surface area contributed by atoms with Gasteiger partial charge in [0.25, 0.3) is 0 Å². The Kier molecular flexibility index (Phi) is 8.29. The third-order valence-electron chi connectivity index (χ3n) is 6.30. The fraction of sp³-hybridized carbons (Fsp3) is 0.625. The summed E-state index contributed by atoms with van der Waals surface area (Å²) in [6, 6.07) is 10.3. The molecule has 3 amide bonds. The first-order valence-corrected chi connectivity index (χ1v) is 11.5. The Morgan fingerprint density at radius 1 is 0.800 bits per heavy atom. The summed E-state index contributed by atoms with van der Waals surface area (Å²) in [6.07, 6.45) is 5.32. The number of nitrogens with zero attached hydrogens (tertiary/aromatic N) is 3. The first-order valence-electron chi connectivity index (χ1n) is 11.5. The zero-order valence-corrected chi connectivity index (χ0v) is 18.2. The summed E-state index contributed by atoms with van der Waals surface area (Å²) in [6.45, 7) is 5.90. The van der Waals surface area contributed by atoms with Gasteiger partial charge in [0, 0.05) is 58.0 Å². The molecule has 6 heteroatoms. The van der Waals surface area contributed by atoms with Crippen molar-refractivity contribution >= 4 is 17.7 Å². The molecule has 1 aromatic rings. The summed E-state index contributed by atoms with van der Waals surface area (Å²) < 4.78 is 0. The second kappa shape index (κ2) is 11.1. The van der Waals surface area contributed by atoms with Gasteiger partial charge in [-0.1, -0.05) is 37.3 Å². The standard InChI is InChI=1S/C24H35N3O3/c1-2-7-22(28)25-14-12-21(13-15-25)24(30)27-18-16-26(17-19-27)23(29)11-6-10-20-8-4-3-5-9-20/h3-5,8-9,21H,2,6-7,10-19H2,1H3. The number of carbonyl (C=O) groups is 3. The molecule has 2 saturated heterocycles. The van der Waals surface area contributed by atoms with E-state index in [9.17, 15) is 14.4 Å².